The summed E-state index contributed by atoms with van der Waals surface area (Å²) in [7, 11) is 0. The van der Waals surface area contributed by atoms with Gasteiger partial charge in [-0.2, -0.15) is 0 Å². The molecule has 2 aliphatic rings. The fraction of sp³-hybridized carbons (Fsp3) is 0.833. The number of fused-ring (bicyclic) bond motifs is 1. The fourth-order valence-corrected chi connectivity index (χ4v) is 1.36. The van der Waals surface area contributed by atoms with Crippen LogP contribution in [-0.4, -0.2) is 12.1 Å². The minimum absolute atomic E-state index is 0.0116. The molecule has 2 fully saturated rings. The Morgan fingerprint density at radius 1 is 1.50 bits per heavy atom. The van der Waals surface area contributed by atoms with Gasteiger partial charge >= 0.3 is 5.97 Å². The lowest BCUT2D eigenvalue weighted by molar-refractivity contribution is -0.142. The highest BCUT2D eigenvalue weighted by Gasteiger charge is 2.41. The zero-order chi connectivity index (χ0) is 5.56. The molecule has 1 saturated carbocycles. The number of hydrogen-bond acceptors (Lipinski definition) is 2. The van der Waals surface area contributed by atoms with Gasteiger partial charge in [0.15, 0.2) is 0 Å². The molecule has 2 atom stereocenters. The molecule has 44 valence electrons. The molecule has 0 amide bonds. The molecule has 8 heavy (non-hydrogen) atoms. The highest BCUT2D eigenvalue weighted by atomic mass is 16.6. The summed E-state index contributed by atoms with van der Waals surface area (Å²) in [6.07, 6.45) is 3.32. The van der Waals surface area contributed by atoms with E-state index in [2.05, 4.69) is 0 Å². The molecule has 1 heterocycles. The molecule has 0 N–H and O–H groups in total. The SMILES string of the molecule is O=C1CC2CCC2O1. The molecule has 0 aromatic rings. The molecule has 1 aliphatic carbocycles. The van der Waals surface area contributed by atoms with E-state index in [0.717, 1.165) is 6.42 Å². The van der Waals surface area contributed by atoms with Crippen LogP contribution in [0.5, 0.6) is 0 Å². The first kappa shape index (κ1) is 4.36. The summed E-state index contributed by atoms with van der Waals surface area (Å²) in [6.45, 7) is 0. The van der Waals surface area contributed by atoms with Gasteiger partial charge in [-0.3, -0.25) is 4.79 Å². The quantitative estimate of drug-likeness (QED) is 0.431. The third kappa shape index (κ3) is 0.403. The number of rotatable bonds is 0. The van der Waals surface area contributed by atoms with Crippen LogP contribution in [0.25, 0.3) is 0 Å². The van der Waals surface area contributed by atoms with Crippen molar-refractivity contribution in [2.45, 2.75) is 25.4 Å². The highest BCUT2D eigenvalue weighted by Crippen LogP contribution is 2.38. The van der Waals surface area contributed by atoms with Crippen molar-refractivity contribution in [2.75, 3.05) is 0 Å². The molecule has 0 spiro atoms. The van der Waals surface area contributed by atoms with Crippen molar-refractivity contribution >= 4 is 5.97 Å². The lowest BCUT2D eigenvalue weighted by atomic mass is 9.82. The largest absolute Gasteiger partial charge is 0.462 e. The Bertz CT molecular complexity index is 116. The maximum Gasteiger partial charge on any atom is 0.306 e. The van der Waals surface area contributed by atoms with Crippen molar-refractivity contribution in [2.24, 2.45) is 5.92 Å². The van der Waals surface area contributed by atoms with Crippen LogP contribution in [0.1, 0.15) is 19.3 Å². The van der Waals surface area contributed by atoms with Crippen molar-refractivity contribution in [1.82, 2.24) is 0 Å². The topological polar surface area (TPSA) is 26.3 Å². The van der Waals surface area contributed by atoms with Crippen molar-refractivity contribution in [3.8, 4) is 0 Å². The van der Waals surface area contributed by atoms with Gasteiger partial charge in [0.25, 0.3) is 0 Å². The molecule has 0 radical (unpaired) electrons. The van der Waals surface area contributed by atoms with Crippen LogP contribution >= 0.6 is 0 Å². The highest BCUT2D eigenvalue weighted by molar-refractivity contribution is 5.72. The molecule has 2 heteroatoms. The monoisotopic (exact) mass is 112 g/mol. The molecule has 0 aromatic carbocycles. The first-order valence-corrected chi connectivity index (χ1v) is 3.06. The van der Waals surface area contributed by atoms with Gasteiger partial charge < -0.3 is 4.74 Å². The van der Waals surface area contributed by atoms with Crippen LogP contribution in [0.3, 0.4) is 0 Å². The minimum atomic E-state index is 0.0116. The van der Waals surface area contributed by atoms with Crippen molar-refractivity contribution in [3.63, 3.8) is 0 Å². The number of hydrogen-bond donors (Lipinski definition) is 0. The zero-order valence-corrected chi connectivity index (χ0v) is 4.59. The maximum absolute atomic E-state index is 10.5. The molecule has 2 rings (SSSR count). The first-order chi connectivity index (χ1) is 3.86. The molecular formula is C6H8O2. The van der Waals surface area contributed by atoms with Crippen LogP contribution in [0, 0.1) is 5.92 Å². The summed E-state index contributed by atoms with van der Waals surface area (Å²) < 4.78 is 4.92. The van der Waals surface area contributed by atoms with E-state index in [-0.39, 0.29) is 5.97 Å². The van der Waals surface area contributed by atoms with Gasteiger partial charge in [-0.15, -0.1) is 0 Å². The van der Waals surface area contributed by atoms with E-state index in [1.807, 2.05) is 0 Å². The van der Waals surface area contributed by atoms with Gasteiger partial charge in [-0.25, -0.2) is 0 Å². The van der Waals surface area contributed by atoms with E-state index in [0.29, 0.717) is 18.4 Å². The molecule has 0 aromatic heterocycles. The smallest absolute Gasteiger partial charge is 0.306 e. The summed E-state index contributed by atoms with van der Waals surface area (Å²) in [6, 6.07) is 0. The average molecular weight is 112 g/mol. The molecular weight excluding hydrogens is 104 g/mol. The maximum atomic E-state index is 10.5. The minimum Gasteiger partial charge on any atom is -0.462 e. The van der Waals surface area contributed by atoms with Gasteiger partial charge in [0.2, 0.25) is 0 Å². The van der Waals surface area contributed by atoms with E-state index in [1.54, 1.807) is 0 Å². The Morgan fingerprint density at radius 2 is 2.38 bits per heavy atom. The zero-order valence-electron chi connectivity index (χ0n) is 4.59. The van der Waals surface area contributed by atoms with Crippen LogP contribution < -0.4 is 0 Å². The second-order valence-corrected chi connectivity index (χ2v) is 2.57. The van der Waals surface area contributed by atoms with Gasteiger partial charge in [-0.1, -0.05) is 0 Å². The van der Waals surface area contributed by atoms with Crippen LogP contribution in [0.15, 0.2) is 0 Å². The van der Waals surface area contributed by atoms with E-state index in [4.69, 9.17) is 4.74 Å². The van der Waals surface area contributed by atoms with Gasteiger partial charge in [-0.05, 0) is 12.8 Å². The summed E-state index contributed by atoms with van der Waals surface area (Å²) >= 11 is 0. The Balaban J connectivity index is 2.10. The Labute approximate surface area is 47.8 Å². The average Bonchev–Trinajstić information content (AvgIpc) is 1.91. The Morgan fingerprint density at radius 3 is 2.62 bits per heavy atom. The molecule has 0 bridgehead atoms. The Hall–Kier alpha value is -0.530. The predicted octanol–water partition coefficient (Wildman–Crippen LogP) is 0.712. The van der Waals surface area contributed by atoms with Gasteiger partial charge in [0.05, 0.1) is 6.42 Å². The Kier molecular flexibility index (Phi) is 0.678. The van der Waals surface area contributed by atoms with Crippen molar-refractivity contribution < 1.29 is 9.53 Å². The molecule has 1 aliphatic heterocycles. The van der Waals surface area contributed by atoms with Crippen LogP contribution in [0.4, 0.5) is 0 Å². The number of carbonyl (C=O) groups is 1. The van der Waals surface area contributed by atoms with E-state index in [9.17, 15) is 4.79 Å². The third-order valence-electron chi connectivity index (χ3n) is 2.06. The lowest BCUT2D eigenvalue weighted by Crippen LogP contribution is -2.26. The molecule has 2 nitrogen and oxygen atoms in total. The predicted molar refractivity (Wildman–Crippen MR) is 27.2 cm³/mol. The van der Waals surface area contributed by atoms with E-state index >= 15 is 0 Å². The van der Waals surface area contributed by atoms with E-state index < -0.39 is 0 Å². The summed E-state index contributed by atoms with van der Waals surface area (Å²) in [4.78, 5) is 10.5. The fourth-order valence-electron chi connectivity index (χ4n) is 1.36. The van der Waals surface area contributed by atoms with E-state index in [1.165, 1.54) is 6.42 Å². The van der Waals surface area contributed by atoms with Gasteiger partial charge in [0, 0.05) is 5.92 Å². The second-order valence-electron chi connectivity index (χ2n) is 2.57. The number of ether oxygens (including phenoxy) is 1. The first-order valence-electron chi connectivity index (χ1n) is 3.06. The normalized spacial score (nSPS) is 42.8. The third-order valence-corrected chi connectivity index (χ3v) is 2.06. The van der Waals surface area contributed by atoms with Gasteiger partial charge in [0.1, 0.15) is 6.10 Å². The summed E-state index contributed by atoms with van der Waals surface area (Å²) in [5.41, 5.74) is 0. The molecule has 2 unspecified atom stereocenters. The lowest BCUT2D eigenvalue weighted by Gasteiger charge is -2.26. The molecule has 1 saturated heterocycles. The van der Waals surface area contributed by atoms with Crippen LogP contribution in [-0.2, 0) is 9.53 Å². The van der Waals surface area contributed by atoms with Crippen molar-refractivity contribution in [1.29, 1.82) is 0 Å². The second kappa shape index (κ2) is 1.24. The van der Waals surface area contributed by atoms with Crippen LogP contribution in [0.2, 0.25) is 0 Å². The number of carbonyl (C=O) groups excluding carboxylic acids is 1. The standard InChI is InChI=1S/C6H8O2/c7-6-3-4-1-2-5(4)8-6/h4-5H,1-3H2. The van der Waals surface area contributed by atoms with Crippen molar-refractivity contribution in [3.05, 3.63) is 0 Å². The number of esters is 1. The summed E-state index contributed by atoms with van der Waals surface area (Å²) in [5.74, 6) is 0.611. The summed E-state index contributed by atoms with van der Waals surface area (Å²) in [5, 5.41) is 0.